The van der Waals surface area contributed by atoms with Crippen molar-refractivity contribution in [3.8, 4) is 0 Å². The molecule has 0 unspecified atom stereocenters. The van der Waals surface area contributed by atoms with Crippen LogP contribution in [-0.4, -0.2) is 0 Å². The Labute approximate surface area is 95.5 Å². The van der Waals surface area contributed by atoms with Crippen molar-refractivity contribution in [3.63, 3.8) is 0 Å². The third-order valence-corrected chi connectivity index (χ3v) is 3.07. The molecular formula is C16H13. The first-order chi connectivity index (χ1) is 7.86. The molecule has 0 amide bonds. The number of aryl methyl sites for hydroxylation is 1. The minimum atomic E-state index is 1.08. The van der Waals surface area contributed by atoms with Gasteiger partial charge < -0.3 is 0 Å². The molecule has 0 aromatic heterocycles. The number of fused-ring (bicyclic) bond motifs is 2. The fraction of sp³-hybridized carbons (Fsp3) is 0.125. The minimum Gasteiger partial charge on any atom is -0.0616 e. The summed E-state index contributed by atoms with van der Waals surface area (Å²) in [5.74, 6) is 0. The second-order valence-electron chi connectivity index (χ2n) is 4.13. The van der Waals surface area contributed by atoms with Crippen molar-refractivity contribution in [1.29, 1.82) is 0 Å². The van der Waals surface area contributed by atoms with Gasteiger partial charge in [0.05, 0.1) is 0 Å². The van der Waals surface area contributed by atoms with Gasteiger partial charge in [-0.05, 0) is 45.7 Å². The smallest absolute Gasteiger partial charge is 0.00142 e. The summed E-state index contributed by atoms with van der Waals surface area (Å²) in [4.78, 5) is 0. The summed E-state index contributed by atoms with van der Waals surface area (Å²) in [5.41, 5.74) is 1.37. The molecule has 0 spiro atoms. The SMILES string of the molecule is CCc1ccc2cc3ccccc3[c]c2c1. The van der Waals surface area contributed by atoms with E-state index in [1.807, 2.05) is 0 Å². The van der Waals surface area contributed by atoms with E-state index in [0.29, 0.717) is 0 Å². The van der Waals surface area contributed by atoms with Crippen LogP contribution in [-0.2, 0) is 6.42 Å². The molecule has 0 aliphatic heterocycles. The van der Waals surface area contributed by atoms with Crippen LogP contribution in [0.2, 0.25) is 0 Å². The van der Waals surface area contributed by atoms with Gasteiger partial charge in [-0.2, -0.15) is 0 Å². The van der Waals surface area contributed by atoms with Gasteiger partial charge in [0.25, 0.3) is 0 Å². The molecule has 0 heteroatoms. The van der Waals surface area contributed by atoms with E-state index in [1.165, 1.54) is 27.1 Å². The largest absolute Gasteiger partial charge is 0.0616 e. The normalized spacial score (nSPS) is 11.1. The van der Waals surface area contributed by atoms with Crippen molar-refractivity contribution in [3.05, 3.63) is 60.2 Å². The van der Waals surface area contributed by atoms with Crippen molar-refractivity contribution in [2.45, 2.75) is 13.3 Å². The molecular weight excluding hydrogens is 192 g/mol. The van der Waals surface area contributed by atoms with Gasteiger partial charge in [0.15, 0.2) is 0 Å². The lowest BCUT2D eigenvalue weighted by molar-refractivity contribution is 1.15. The second kappa shape index (κ2) is 3.64. The summed E-state index contributed by atoms with van der Waals surface area (Å²) in [6.07, 6.45) is 1.08. The highest BCUT2D eigenvalue weighted by atomic mass is 14.0. The molecule has 3 rings (SSSR count). The number of hydrogen-bond acceptors (Lipinski definition) is 0. The first-order valence-corrected chi connectivity index (χ1v) is 5.70. The van der Waals surface area contributed by atoms with E-state index in [-0.39, 0.29) is 0 Å². The molecule has 3 aromatic rings. The van der Waals surface area contributed by atoms with Crippen LogP contribution in [0.4, 0.5) is 0 Å². The van der Waals surface area contributed by atoms with Crippen LogP contribution in [0.1, 0.15) is 12.5 Å². The van der Waals surface area contributed by atoms with Gasteiger partial charge in [0.1, 0.15) is 0 Å². The van der Waals surface area contributed by atoms with Crippen LogP contribution >= 0.6 is 0 Å². The van der Waals surface area contributed by atoms with E-state index in [4.69, 9.17) is 0 Å². The Morgan fingerprint density at radius 1 is 0.875 bits per heavy atom. The van der Waals surface area contributed by atoms with E-state index in [1.54, 1.807) is 0 Å². The Bertz CT molecular complexity index is 650. The third-order valence-electron chi connectivity index (χ3n) is 3.07. The van der Waals surface area contributed by atoms with Crippen LogP contribution in [0.15, 0.2) is 48.5 Å². The Morgan fingerprint density at radius 2 is 1.69 bits per heavy atom. The van der Waals surface area contributed by atoms with Crippen LogP contribution in [0.25, 0.3) is 21.5 Å². The lowest BCUT2D eigenvalue weighted by Crippen LogP contribution is -1.81. The van der Waals surface area contributed by atoms with Crippen molar-refractivity contribution in [2.24, 2.45) is 0 Å². The molecule has 16 heavy (non-hydrogen) atoms. The highest BCUT2D eigenvalue weighted by Gasteiger charge is 1.98. The van der Waals surface area contributed by atoms with Crippen LogP contribution in [0, 0.1) is 6.07 Å². The van der Waals surface area contributed by atoms with Gasteiger partial charge in [-0.1, -0.05) is 49.4 Å². The fourth-order valence-electron chi connectivity index (χ4n) is 2.11. The average Bonchev–Trinajstić information content (AvgIpc) is 2.35. The first kappa shape index (κ1) is 9.41. The van der Waals surface area contributed by atoms with Gasteiger partial charge in [0.2, 0.25) is 0 Å². The molecule has 0 atom stereocenters. The second-order valence-corrected chi connectivity index (χ2v) is 4.13. The topological polar surface area (TPSA) is 0 Å². The van der Waals surface area contributed by atoms with Crippen LogP contribution < -0.4 is 0 Å². The van der Waals surface area contributed by atoms with Gasteiger partial charge in [-0.25, -0.2) is 0 Å². The molecule has 0 saturated carbocycles. The molecule has 0 nitrogen and oxygen atoms in total. The highest BCUT2D eigenvalue weighted by molar-refractivity contribution is 5.97. The maximum Gasteiger partial charge on any atom is -0.00142 e. The highest BCUT2D eigenvalue weighted by Crippen LogP contribution is 2.23. The van der Waals surface area contributed by atoms with E-state index < -0.39 is 0 Å². The molecule has 0 bridgehead atoms. The van der Waals surface area contributed by atoms with Crippen molar-refractivity contribution < 1.29 is 0 Å². The number of benzene rings is 3. The van der Waals surface area contributed by atoms with Gasteiger partial charge in [-0.15, -0.1) is 0 Å². The molecule has 0 fully saturated rings. The summed E-state index contributed by atoms with van der Waals surface area (Å²) in [5, 5.41) is 4.96. The minimum absolute atomic E-state index is 1.08. The first-order valence-electron chi connectivity index (χ1n) is 5.70. The van der Waals surface area contributed by atoms with E-state index in [9.17, 15) is 0 Å². The zero-order chi connectivity index (χ0) is 11.0. The molecule has 0 saturated heterocycles. The summed E-state index contributed by atoms with van der Waals surface area (Å²) >= 11 is 0. The number of rotatable bonds is 1. The third kappa shape index (κ3) is 1.47. The van der Waals surface area contributed by atoms with Gasteiger partial charge in [-0.3, -0.25) is 0 Å². The molecule has 1 radical (unpaired) electrons. The number of hydrogen-bond donors (Lipinski definition) is 0. The van der Waals surface area contributed by atoms with E-state index in [0.717, 1.165) is 6.42 Å². The van der Waals surface area contributed by atoms with Crippen LogP contribution in [0.5, 0.6) is 0 Å². The van der Waals surface area contributed by atoms with Crippen LogP contribution in [0.3, 0.4) is 0 Å². The van der Waals surface area contributed by atoms with Crippen molar-refractivity contribution >= 4 is 21.5 Å². The summed E-state index contributed by atoms with van der Waals surface area (Å²) in [7, 11) is 0. The Kier molecular flexibility index (Phi) is 2.14. The molecule has 3 aromatic carbocycles. The van der Waals surface area contributed by atoms with Crippen molar-refractivity contribution in [2.75, 3.05) is 0 Å². The molecule has 0 aliphatic rings. The Morgan fingerprint density at radius 3 is 2.56 bits per heavy atom. The zero-order valence-corrected chi connectivity index (χ0v) is 9.33. The maximum atomic E-state index is 3.48. The quantitative estimate of drug-likeness (QED) is 0.518. The monoisotopic (exact) mass is 205 g/mol. The Hall–Kier alpha value is -1.82. The van der Waals surface area contributed by atoms with Crippen molar-refractivity contribution in [1.82, 2.24) is 0 Å². The predicted molar refractivity (Wildman–Crippen MR) is 69.7 cm³/mol. The summed E-state index contributed by atoms with van der Waals surface area (Å²) < 4.78 is 0. The summed E-state index contributed by atoms with van der Waals surface area (Å²) in [6, 6.07) is 20.7. The molecule has 0 heterocycles. The molecule has 0 aliphatic carbocycles. The van der Waals surface area contributed by atoms with Gasteiger partial charge >= 0.3 is 0 Å². The average molecular weight is 205 g/mol. The lowest BCUT2D eigenvalue weighted by atomic mass is 10.0. The maximum absolute atomic E-state index is 3.48. The Balaban J connectivity index is 2.37. The molecule has 0 N–H and O–H groups in total. The van der Waals surface area contributed by atoms with E-state index in [2.05, 4.69) is 61.5 Å². The standard InChI is InChI=1S/C16H13/c1-2-12-7-8-15-10-13-5-3-4-6-14(13)11-16(15)9-12/h3-10H,2H2,1H3. The molecule has 77 valence electrons. The van der Waals surface area contributed by atoms with Gasteiger partial charge in [0, 0.05) is 0 Å². The lowest BCUT2D eigenvalue weighted by Gasteiger charge is -2.03. The van der Waals surface area contributed by atoms with E-state index >= 15 is 0 Å². The zero-order valence-electron chi connectivity index (χ0n) is 9.33. The fourth-order valence-corrected chi connectivity index (χ4v) is 2.11. The predicted octanol–water partition coefficient (Wildman–Crippen LogP) is 4.36. The summed E-state index contributed by atoms with van der Waals surface area (Å²) in [6.45, 7) is 2.18.